The van der Waals surface area contributed by atoms with E-state index in [9.17, 15) is 4.39 Å². The van der Waals surface area contributed by atoms with Gasteiger partial charge in [0.25, 0.3) is 0 Å². The molecule has 70 valence electrons. The van der Waals surface area contributed by atoms with E-state index in [2.05, 4.69) is 12.1 Å². The maximum absolute atomic E-state index is 13.1. The molecule has 0 nitrogen and oxygen atoms in total. The van der Waals surface area contributed by atoms with Gasteiger partial charge in [0.2, 0.25) is 0 Å². The van der Waals surface area contributed by atoms with Crippen LogP contribution in [0.15, 0.2) is 30.3 Å². The lowest BCUT2D eigenvalue weighted by Crippen LogP contribution is -2.06. The summed E-state index contributed by atoms with van der Waals surface area (Å²) in [6.07, 6.45) is 0.693. The summed E-state index contributed by atoms with van der Waals surface area (Å²) < 4.78 is 13.4. The van der Waals surface area contributed by atoms with Gasteiger partial charge in [-0.05, 0) is 17.7 Å². The second kappa shape index (κ2) is 4.38. The van der Waals surface area contributed by atoms with Gasteiger partial charge in [0.15, 0.2) is 0 Å². The van der Waals surface area contributed by atoms with Crippen molar-refractivity contribution in [2.45, 2.75) is 16.5 Å². The van der Waals surface area contributed by atoms with Crippen molar-refractivity contribution in [2.24, 2.45) is 0 Å². The Morgan fingerprint density at radius 3 is 2.69 bits per heavy atom. The molecule has 0 radical (unpaired) electrons. The highest BCUT2D eigenvalue weighted by molar-refractivity contribution is 8.17. The normalized spacial score (nSPS) is 28.7. The first-order valence-electron chi connectivity index (χ1n) is 4.32. The lowest BCUT2D eigenvalue weighted by Gasteiger charge is -2.23. The standard InChI is InChI=1S/C10H11FS2/c11-9-6-7-12-10(13-9)8-4-2-1-3-5-8/h1-5,9-10H,6-7H2. The third-order valence-electron chi connectivity index (χ3n) is 1.96. The molecule has 0 aromatic heterocycles. The number of halogens is 1. The molecule has 0 aliphatic carbocycles. The van der Waals surface area contributed by atoms with Crippen molar-refractivity contribution in [1.82, 2.24) is 0 Å². The van der Waals surface area contributed by atoms with Crippen molar-refractivity contribution in [3.8, 4) is 0 Å². The van der Waals surface area contributed by atoms with Crippen LogP contribution in [0.2, 0.25) is 0 Å². The third kappa shape index (κ3) is 2.41. The van der Waals surface area contributed by atoms with Crippen molar-refractivity contribution in [1.29, 1.82) is 0 Å². The van der Waals surface area contributed by atoms with E-state index in [0.717, 1.165) is 5.75 Å². The van der Waals surface area contributed by atoms with Crippen LogP contribution >= 0.6 is 23.5 Å². The largest absolute Gasteiger partial charge is 0.236 e. The summed E-state index contributed by atoms with van der Waals surface area (Å²) in [6.45, 7) is 0. The molecule has 0 amide bonds. The van der Waals surface area contributed by atoms with Crippen molar-refractivity contribution in [3.05, 3.63) is 35.9 Å². The average molecular weight is 214 g/mol. The third-order valence-corrected chi connectivity index (χ3v) is 4.80. The van der Waals surface area contributed by atoms with E-state index in [-0.39, 0.29) is 0 Å². The average Bonchev–Trinajstić information content (AvgIpc) is 2.19. The van der Waals surface area contributed by atoms with Crippen molar-refractivity contribution in [3.63, 3.8) is 0 Å². The molecule has 13 heavy (non-hydrogen) atoms. The molecule has 0 bridgehead atoms. The lowest BCUT2D eigenvalue weighted by atomic mass is 10.2. The van der Waals surface area contributed by atoms with E-state index in [0.29, 0.717) is 11.0 Å². The number of hydrogen-bond donors (Lipinski definition) is 0. The summed E-state index contributed by atoms with van der Waals surface area (Å²) in [4.78, 5) is 0. The molecule has 1 aromatic rings. The zero-order valence-electron chi connectivity index (χ0n) is 7.15. The van der Waals surface area contributed by atoms with Crippen LogP contribution in [0.1, 0.15) is 16.6 Å². The maximum Gasteiger partial charge on any atom is 0.148 e. The van der Waals surface area contributed by atoms with E-state index in [1.807, 2.05) is 30.0 Å². The highest BCUT2D eigenvalue weighted by Gasteiger charge is 2.23. The van der Waals surface area contributed by atoms with Crippen LogP contribution in [0.3, 0.4) is 0 Å². The van der Waals surface area contributed by atoms with Crippen molar-refractivity contribution in [2.75, 3.05) is 5.75 Å². The van der Waals surface area contributed by atoms with Crippen LogP contribution in [0.5, 0.6) is 0 Å². The first-order chi connectivity index (χ1) is 6.36. The second-order valence-electron chi connectivity index (χ2n) is 2.95. The molecule has 0 N–H and O–H groups in total. The smallest absolute Gasteiger partial charge is 0.148 e. The highest BCUT2D eigenvalue weighted by Crippen LogP contribution is 2.47. The van der Waals surface area contributed by atoms with Crippen LogP contribution in [0.4, 0.5) is 4.39 Å². The Morgan fingerprint density at radius 2 is 2.00 bits per heavy atom. The SMILES string of the molecule is FC1CCSC(c2ccccc2)S1. The Labute approximate surface area is 86.3 Å². The minimum Gasteiger partial charge on any atom is -0.236 e. The van der Waals surface area contributed by atoms with Gasteiger partial charge in [-0.1, -0.05) is 30.3 Å². The molecule has 3 heteroatoms. The van der Waals surface area contributed by atoms with Crippen molar-refractivity contribution >= 4 is 23.5 Å². The number of thioether (sulfide) groups is 2. The number of hydrogen-bond acceptors (Lipinski definition) is 2. The summed E-state index contributed by atoms with van der Waals surface area (Å²) in [7, 11) is 0. The summed E-state index contributed by atoms with van der Waals surface area (Å²) in [6, 6.07) is 10.2. The Balaban J connectivity index is 2.08. The Kier molecular flexibility index (Phi) is 3.17. The van der Waals surface area contributed by atoms with Gasteiger partial charge in [-0.25, -0.2) is 4.39 Å². The van der Waals surface area contributed by atoms with Gasteiger partial charge >= 0.3 is 0 Å². The molecule has 2 unspecified atom stereocenters. The van der Waals surface area contributed by atoms with Gasteiger partial charge in [-0.2, -0.15) is 0 Å². The molecule has 2 rings (SSSR count). The van der Waals surface area contributed by atoms with E-state index in [1.165, 1.54) is 17.3 Å². The van der Waals surface area contributed by atoms with E-state index >= 15 is 0 Å². The topological polar surface area (TPSA) is 0 Å². The zero-order chi connectivity index (χ0) is 9.10. The summed E-state index contributed by atoms with van der Waals surface area (Å²) in [5.74, 6) is 0.938. The van der Waals surface area contributed by atoms with E-state index < -0.39 is 5.50 Å². The van der Waals surface area contributed by atoms with E-state index in [4.69, 9.17) is 0 Å². The molecular formula is C10H11FS2. The summed E-state index contributed by atoms with van der Waals surface area (Å²) >= 11 is 3.28. The molecule has 1 aliphatic rings. The predicted octanol–water partition coefficient (Wildman–Crippen LogP) is 3.85. The molecule has 2 atom stereocenters. The van der Waals surface area contributed by atoms with Gasteiger partial charge < -0.3 is 0 Å². The minimum atomic E-state index is -0.675. The molecule has 1 aromatic carbocycles. The monoisotopic (exact) mass is 214 g/mol. The first-order valence-corrected chi connectivity index (χ1v) is 6.31. The van der Waals surface area contributed by atoms with E-state index in [1.54, 1.807) is 0 Å². The van der Waals surface area contributed by atoms with Gasteiger partial charge in [0.05, 0.1) is 4.58 Å². The number of alkyl halides is 1. The fourth-order valence-corrected chi connectivity index (χ4v) is 4.15. The Bertz CT molecular complexity index is 263. The Hall–Kier alpha value is -0.150. The van der Waals surface area contributed by atoms with Crippen LogP contribution in [-0.2, 0) is 0 Å². The summed E-state index contributed by atoms with van der Waals surface area (Å²) in [5, 5.41) is 0. The lowest BCUT2D eigenvalue weighted by molar-refractivity contribution is 0.443. The second-order valence-corrected chi connectivity index (χ2v) is 5.71. The van der Waals surface area contributed by atoms with Gasteiger partial charge in [0.1, 0.15) is 5.50 Å². The highest BCUT2D eigenvalue weighted by atomic mass is 32.2. The van der Waals surface area contributed by atoms with Gasteiger partial charge in [-0.3, -0.25) is 0 Å². The maximum atomic E-state index is 13.1. The summed E-state index contributed by atoms with van der Waals surface area (Å²) in [5.41, 5.74) is 0.561. The van der Waals surface area contributed by atoms with Crippen LogP contribution in [0.25, 0.3) is 0 Å². The molecule has 1 aliphatic heterocycles. The quantitative estimate of drug-likeness (QED) is 0.696. The first kappa shape index (κ1) is 9.41. The molecule has 1 heterocycles. The molecule has 1 saturated heterocycles. The Morgan fingerprint density at radius 1 is 1.23 bits per heavy atom. The van der Waals surface area contributed by atoms with Crippen LogP contribution in [0, 0.1) is 0 Å². The zero-order valence-corrected chi connectivity index (χ0v) is 8.78. The predicted molar refractivity (Wildman–Crippen MR) is 58.7 cm³/mol. The molecule has 1 fully saturated rings. The van der Waals surface area contributed by atoms with Crippen LogP contribution in [-0.4, -0.2) is 11.3 Å². The fourth-order valence-electron chi connectivity index (χ4n) is 1.29. The number of rotatable bonds is 1. The molecule has 0 spiro atoms. The van der Waals surface area contributed by atoms with Gasteiger partial charge in [-0.15, -0.1) is 23.5 Å². The molecule has 0 saturated carbocycles. The van der Waals surface area contributed by atoms with Crippen LogP contribution < -0.4 is 0 Å². The minimum absolute atomic E-state index is 0.296. The molecular weight excluding hydrogens is 203 g/mol. The van der Waals surface area contributed by atoms with Crippen molar-refractivity contribution < 1.29 is 4.39 Å². The van der Waals surface area contributed by atoms with Gasteiger partial charge in [0, 0.05) is 0 Å². The fraction of sp³-hybridized carbons (Fsp3) is 0.400. The number of benzene rings is 1.